The molecule has 0 aliphatic rings. The molecule has 0 saturated carbocycles. The van der Waals surface area contributed by atoms with Gasteiger partial charge >= 0.3 is 0 Å². The first-order valence-electron chi connectivity index (χ1n) is 7.77. The van der Waals surface area contributed by atoms with Crippen molar-refractivity contribution in [1.29, 1.82) is 0 Å². The van der Waals surface area contributed by atoms with Crippen molar-refractivity contribution >= 4 is 11.6 Å². The van der Waals surface area contributed by atoms with Crippen LogP contribution in [0.5, 0.6) is 5.75 Å². The molecule has 122 valence electrons. The maximum Gasteiger partial charge on any atom is 0.255 e. The molecule has 23 heavy (non-hydrogen) atoms. The van der Waals surface area contributed by atoms with Crippen molar-refractivity contribution in [3.63, 3.8) is 0 Å². The summed E-state index contributed by atoms with van der Waals surface area (Å²) in [4.78, 5) is 12.4. The molecule has 0 atom stereocenters. The topological polar surface area (TPSA) is 47.6 Å². The van der Waals surface area contributed by atoms with Gasteiger partial charge in [-0.3, -0.25) is 4.79 Å². The Labute approximate surface area is 137 Å². The average Bonchev–Trinajstić information content (AvgIpc) is 2.57. The van der Waals surface area contributed by atoms with Crippen LogP contribution in [0.2, 0.25) is 0 Å². The van der Waals surface area contributed by atoms with Crippen LogP contribution < -0.4 is 10.1 Å². The normalized spacial score (nSPS) is 10.4. The summed E-state index contributed by atoms with van der Waals surface area (Å²) in [6.07, 6.45) is 0.879. The third kappa shape index (κ3) is 4.57. The van der Waals surface area contributed by atoms with Crippen molar-refractivity contribution in [3.8, 4) is 5.75 Å². The van der Waals surface area contributed by atoms with Crippen LogP contribution in [0.3, 0.4) is 0 Å². The Bertz CT molecular complexity index is 650. The first-order chi connectivity index (χ1) is 11.2. The molecule has 1 amide bonds. The largest absolute Gasteiger partial charge is 0.491 e. The van der Waals surface area contributed by atoms with E-state index in [2.05, 4.69) is 12.2 Å². The molecule has 0 heterocycles. The number of amides is 1. The van der Waals surface area contributed by atoms with E-state index in [-0.39, 0.29) is 5.91 Å². The van der Waals surface area contributed by atoms with Gasteiger partial charge in [-0.05, 0) is 48.7 Å². The molecule has 2 aromatic rings. The van der Waals surface area contributed by atoms with Gasteiger partial charge in [0.2, 0.25) is 0 Å². The molecule has 0 saturated heterocycles. The summed E-state index contributed by atoms with van der Waals surface area (Å²) in [6, 6.07) is 13.2. The fourth-order valence-corrected chi connectivity index (χ4v) is 2.33. The van der Waals surface area contributed by atoms with E-state index in [0.717, 1.165) is 29.0 Å². The van der Waals surface area contributed by atoms with Crippen LogP contribution in [0.25, 0.3) is 0 Å². The van der Waals surface area contributed by atoms with Gasteiger partial charge in [0, 0.05) is 18.4 Å². The maximum atomic E-state index is 12.4. The number of nitrogens with one attached hydrogen (secondary N) is 1. The first-order valence-corrected chi connectivity index (χ1v) is 7.77. The van der Waals surface area contributed by atoms with Crippen molar-refractivity contribution in [2.75, 3.05) is 25.6 Å². The molecule has 4 nitrogen and oxygen atoms in total. The van der Waals surface area contributed by atoms with Crippen molar-refractivity contribution in [2.24, 2.45) is 0 Å². The zero-order valence-electron chi connectivity index (χ0n) is 13.9. The summed E-state index contributed by atoms with van der Waals surface area (Å²) in [5.41, 5.74) is 3.71. The molecule has 4 heteroatoms. The Morgan fingerprint density at radius 2 is 1.83 bits per heavy atom. The van der Waals surface area contributed by atoms with Crippen LogP contribution >= 0.6 is 0 Å². The van der Waals surface area contributed by atoms with E-state index in [9.17, 15) is 4.79 Å². The van der Waals surface area contributed by atoms with Gasteiger partial charge in [0.05, 0.1) is 6.61 Å². The number of hydrogen-bond acceptors (Lipinski definition) is 3. The molecule has 1 N–H and O–H groups in total. The smallest absolute Gasteiger partial charge is 0.255 e. The van der Waals surface area contributed by atoms with Crippen molar-refractivity contribution < 1.29 is 14.3 Å². The van der Waals surface area contributed by atoms with Gasteiger partial charge in [-0.15, -0.1) is 0 Å². The number of hydrogen-bond donors (Lipinski definition) is 1. The lowest BCUT2D eigenvalue weighted by atomic mass is 10.1. The van der Waals surface area contributed by atoms with Crippen LogP contribution in [0.4, 0.5) is 5.69 Å². The SMILES string of the molecule is CCc1cccc(C)c1NC(=O)c1ccc(OCCOC)cc1. The lowest BCUT2D eigenvalue weighted by Crippen LogP contribution is -2.14. The number of carbonyl (C=O) groups excluding carboxylic acids is 1. The first kappa shape index (κ1) is 17.0. The zero-order chi connectivity index (χ0) is 16.7. The fourth-order valence-electron chi connectivity index (χ4n) is 2.33. The van der Waals surface area contributed by atoms with Crippen LogP contribution in [-0.2, 0) is 11.2 Å². The number of rotatable bonds is 7. The van der Waals surface area contributed by atoms with Crippen LogP contribution in [0.1, 0.15) is 28.4 Å². The van der Waals surface area contributed by atoms with E-state index >= 15 is 0 Å². The molecule has 0 bridgehead atoms. The van der Waals surface area contributed by atoms with Gasteiger partial charge < -0.3 is 14.8 Å². The second-order valence-corrected chi connectivity index (χ2v) is 5.28. The van der Waals surface area contributed by atoms with E-state index in [1.54, 1.807) is 31.4 Å². The van der Waals surface area contributed by atoms with E-state index in [1.165, 1.54) is 0 Å². The summed E-state index contributed by atoms with van der Waals surface area (Å²) >= 11 is 0. The lowest BCUT2D eigenvalue weighted by molar-refractivity contribution is 0.102. The summed E-state index contributed by atoms with van der Waals surface area (Å²) < 4.78 is 10.4. The van der Waals surface area contributed by atoms with Crippen molar-refractivity contribution in [3.05, 3.63) is 59.2 Å². The number of anilines is 1. The average molecular weight is 313 g/mol. The Balaban J connectivity index is 2.06. The Morgan fingerprint density at radius 3 is 2.48 bits per heavy atom. The highest BCUT2D eigenvalue weighted by Gasteiger charge is 2.10. The minimum absolute atomic E-state index is 0.113. The molecule has 0 fully saturated rings. The maximum absolute atomic E-state index is 12.4. The highest BCUT2D eigenvalue weighted by molar-refractivity contribution is 6.05. The summed E-state index contributed by atoms with van der Waals surface area (Å²) in [7, 11) is 1.63. The Hall–Kier alpha value is -2.33. The monoisotopic (exact) mass is 313 g/mol. The summed E-state index contributed by atoms with van der Waals surface area (Å²) in [6.45, 7) is 5.11. The van der Waals surface area contributed by atoms with Crippen molar-refractivity contribution in [1.82, 2.24) is 0 Å². The van der Waals surface area contributed by atoms with Gasteiger partial charge in [0.15, 0.2) is 0 Å². The minimum atomic E-state index is -0.113. The molecular formula is C19H23NO3. The van der Waals surface area contributed by atoms with E-state index in [4.69, 9.17) is 9.47 Å². The summed E-state index contributed by atoms with van der Waals surface area (Å²) in [5.74, 6) is 0.612. The molecule has 2 aromatic carbocycles. The second kappa shape index (κ2) is 8.34. The zero-order valence-corrected chi connectivity index (χ0v) is 13.9. The Kier molecular flexibility index (Phi) is 6.18. The molecule has 0 aliphatic carbocycles. The number of para-hydroxylation sites is 1. The number of methoxy groups -OCH3 is 1. The van der Waals surface area contributed by atoms with Gasteiger partial charge in [-0.1, -0.05) is 25.1 Å². The molecule has 0 aliphatic heterocycles. The predicted molar refractivity (Wildman–Crippen MR) is 92.3 cm³/mol. The van der Waals surface area contributed by atoms with E-state index in [0.29, 0.717) is 18.8 Å². The van der Waals surface area contributed by atoms with Gasteiger partial charge in [-0.25, -0.2) is 0 Å². The molecule has 0 spiro atoms. The predicted octanol–water partition coefficient (Wildman–Crippen LogP) is 3.83. The number of benzene rings is 2. The van der Waals surface area contributed by atoms with Crippen LogP contribution in [0.15, 0.2) is 42.5 Å². The molecule has 0 aromatic heterocycles. The number of ether oxygens (including phenoxy) is 2. The lowest BCUT2D eigenvalue weighted by Gasteiger charge is -2.13. The van der Waals surface area contributed by atoms with E-state index < -0.39 is 0 Å². The van der Waals surface area contributed by atoms with Crippen LogP contribution in [0, 0.1) is 6.92 Å². The third-order valence-electron chi connectivity index (χ3n) is 3.65. The second-order valence-electron chi connectivity index (χ2n) is 5.28. The third-order valence-corrected chi connectivity index (χ3v) is 3.65. The van der Waals surface area contributed by atoms with E-state index in [1.807, 2.05) is 25.1 Å². The van der Waals surface area contributed by atoms with Gasteiger partial charge in [0.25, 0.3) is 5.91 Å². The van der Waals surface area contributed by atoms with Gasteiger partial charge in [0.1, 0.15) is 12.4 Å². The Morgan fingerprint density at radius 1 is 1.09 bits per heavy atom. The number of carbonyl (C=O) groups is 1. The summed E-state index contributed by atoms with van der Waals surface area (Å²) in [5, 5.41) is 3.02. The minimum Gasteiger partial charge on any atom is -0.491 e. The molecule has 0 unspecified atom stereocenters. The highest BCUT2D eigenvalue weighted by atomic mass is 16.5. The standard InChI is InChI=1S/C19H23NO3/c1-4-15-7-5-6-14(2)18(15)20-19(21)16-8-10-17(11-9-16)23-13-12-22-3/h5-11H,4,12-13H2,1-3H3,(H,20,21). The van der Waals surface area contributed by atoms with Crippen LogP contribution in [-0.4, -0.2) is 26.2 Å². The highest BCUT2D eigenvalue weighted by Crippen LogP contribution is 2.22. The van der Waals surface area contributed by atoms with Gasteiger partial charge in [-0.2, -0.15) is 0 Å². The molecule has 0 radical (unpaired) electrons. The fraction of sp³-hybridized carbons (Fsp3) is 0.316. The molecular weight excluding hydrogens is 290 g/mol. The quantitative estimate of drug-likeness (QED) is 0.790. The van der Waals surface area contributed by atoms with Crippen molar-refractivity contribution in [2.45, 2.75) is 20.3 Å². The molecule has 2 rings (SSSR count). The number of aryl methyl sites for hydroxylation is 2.